The summed E-state index contributed by atoms with van der Waals surface area (Å²) in [5.74, 6) is 0. The summed E-state index contributed by atoms with van der Waals surface area (Å²) in [6.07, 6.45) is 3.60. The van der Waals surface area contributed by atoms with Gasteiger partial charge >= 0.3 is 0 Å². The molecule has 3 heterocycles. The number of anilines is 3. The molecule has 5 nitrogen and oxygen atoms in total. The van der Waals surface area contributed by atoms with Crippen LogP contribution >= 0.6 is 0 Å². The Kier molecular flexibility index (Phi) is 5.38. The fraction of sp³-hybridized carbons (Fsp3) is 0. The highest BCUT2D eigenvalue weighted by molar-refractivity contribution is 6.21. The van der Waals surface area contributed by atoms with Gasteiger partial charge in [0.2, 0.25) is 0 Å². The number of aromatic nitrogens is 4. The normalized spacial score (nSPS) is 11.4. The SMILES string of the molecule is c1ccc(N(c2ccccc2)c2ccc(-c3cccc4nc5c6cccnc6c6ncccc6c5nc34)cc2)cc1. The molecular weight excluding hydrogens is 502 g/mol. The molecule has 41 heavy (non-hydrogen) atoms. The lowest BCUT2D eigenvalue weighted by Gasteiger charge is -2.25. The van der Waals surface area contributed by atoms with Gasteiger partial charge in [0.1, 0.15) is 0 Å². The molecule has 0 saturated heterocycles. The van der Waals surface area contributed by atoms with Crippen LogP contribution in [0.25, 0.3) is 55.0 Å². The van der Waals surface area contributed by atoms with Crippen LogP contribution in [0.2, 0.25) is 0 Å². The summed E-state index contributed by atoms with van der Waals surface area (Å²) in [4.78, 5) is 21.9. The molecule has 0 bridgehead atoms. The van der Waals surface area contributed by atoms with E-state index in [-0.39, 0.29) is 0 Å². The topological polar surface area (TPSA) is 54.8 Å². The first-order valence-electron chi connectivity index (χ1n) is 13.6. The number of fused-ring (bicyclic) bond motifs is 7. The van der Waals surface area contributed by atoms with Crippen LogP contribution in [-0.2, 0) is 0 Å². The van der Waals surface area contributed by atoms with Crippen LogP contribution in [-0.4, -0.2) is 19.9 Å². The lowest BCUT2D eigenvalue weighted by atomic mass is 10.0. The average molecular weight is 526 g/mol. The molecule has 8 rings (SSSR count). The number of nitrogens with zero attached hydrogens (tertiary/aromatic N) is 5. The molecular formula is C36H23N5. The van der Waals surface area contributed by atoms with E-state index in [1.54, 1.807) is 12.4 Å². The molecule has 0 atom stereocenters. The Bertz CT molecular complexity index is 2160. The second kappa shape index (κ2) is 9.50. The molecule has 5 heteroatoms. The smallest absolute Gasteiger partial charge is 0.0996 e. The van der Waals surface area contributed by atoms with Crippen LogP contribution in [0.5, 0.6) is 0 Å². The van der Waals surface area contributed by atoms with Gasteiger partial charge in [-0.15, -0.1) is 0 Å². The van der Waals surface area contributed by atoms with Crippen molar-refractivity contribution in [2.24, 2.45) is 0 Å². The van der Waals surface area contributed by atoms with Gasteiger partial charge in [-0.3, -0.25) is 9.97 Å². The zero-order chi connectivity index (χ0) is 27.2. The van der Waals surface area contributed by atoms with Crippen molar-refractivity contribution in [3.63, 3.8) is 0 Å². The molecule has 8 aromatic rings. The molecule has 0 aliphatic carbocycles. The molecule has 0 unspecified atom stereocenters. The quantitative estimate of drug-likeness (QED) is 0.169. The fourth-order valence-electron chi connectivity index (χ4n) is 5.65. The lowest BCUT2D eigenvalue weighted by molar-refractivity contribution is 1.28. The highest BCUT2D eigenvalue weighted by Gasteiger charge is 2.16. The Balaban J connectivity index is 1.30. The van der Waals surface area contributed by atoms with Crippen LogP contribution in [0.15, 0.2) is 140 Å². The summed E-state index contributed by atoms with van der Waals surface area (Å²) >= 11 is 0. The second-order valence-electron chi connectivity index (χ2n) is 9.95. The van der Waals surface area contributed by atoms with Gasteiger partial charge in [0, 0.05) is 45.8 Å². The number of benzene rings is 5. The first-order chi connectivity index (χ1) is 20.3. The van der Waals surface area contributed by atoms with E-state index in [1.807, 2.05) is 36.4 Å². The Morgan fingerprint density at radius 2 is 0.951 bits per heavy atom. The van der Waals surface area contributed by atoms with Gasteiger partial charge in [-0.2, -0.15) is 0 Å². The summed E-state index contributed by atoms with van der Waals surface area (Å²) < 4.78 is 0. The van der Waals surface area contributed by atoms with E-state index < -0.39 is 0 Å². The Labute approximate surface area is 236 Å². The molecule has 3 aromatic heterocycles. The molecule has 0 N–H and O–H groups in total. The highest BCUT2D eigenvalue weighted by Crippen LogP contribution is 2.37. The fourth-order valence-corrected chi connectivity index (χ4v) is 5.65. The van der Waals surface area contributed by atoms with E-state index in [0.717, 1.165) is 72.1 Å². The van der Waals surface area contributed by atoms with Crippen LogP contribution in [0.1, 0.15) is 0 Å². The zero-order valence-electron chi connectivity index (χ0n) is 22.0. The average Bonchev–Trinajstić information content (AvgIpc) is 3.05. The molecule has 0 fully saturated rings. The summed E-state index contributed by atoms with van der Waals surface area (Å²) in [6.45, 7) is 0. The third-order valence-corrected chi connectivity index (χ3v) is 7.51. The van der Waals surface area contributed by atoms with Gasteiger partial charge in [0.05, 0.1) is 33.1 Å². The maximum atomic E-state index is 5.24. The standard InChI is InChI=1S/C36H23N5/c1-3-10-25(11-4-1)41(26-12-5-2-6-13-26)27-20-18-24(19-21-27)28-14-7-17-31-32(28)40-36-30-16-9-23-38-34(30)33-29(35(36)39-31)15-8-22-37-33/h1-23H. The van der Waals surface area contributed by atoms with Crippen molar-refractivity contribution >= 4 is 60.9 Å². The Morgan fingerprint density at radius 1 is 0.390 bits per heavy atom. The van der Waals surface area contributed by atoms with Crippen molar-refractivity contribution in [1.29, 1.82) is 0 Å². The van der Waals surface area contributed by atoms with Gasteiger partial charge < -0.3 is 4.90 Å². The molecule has 192 valence electrons. The minimum absolute atomic E-state index is 0.838. The van der Waals surface area contributed by atoms with Crippen LogP contribution in [0, 0.1) is 0 Å². The first kappa shape index (κ1) is 23.2. The van der Waals surface area contributed by atoms with Crippen molar-refractivity contribution in [2.45, 2.75) is 0 Å². The zero-order valence-corrected chi connectivity index (χ0v) is 22.0. The van der Waals surface area contributed by atoms with E-state index in [1.165, 1.54) is 0 Å². The summed E-state index contributed by atoms with van der Waals surface area (Å²) in [7, 11) is 0. The lowest BCUT2D eigenvalue weighted by Crippen LogP contribution is -2.09. The Morgan fingerprint density at radius 3 is 1.56 bits per heavy atom. The second-order valence-corrected chi connectivity index (χ2v) is 9.95. The maximum Gasteiger partial charge on any atom is 0.0996 e. The van der Waals surface area contributed by atoms with E-state index >= 15 is 0 Å². The number of hydrogen-bond acceptors (Lipinski definition) is 5. The van der Waals surface area contributed by atoms with E-state index in [4.69, 9.17) is 9.97 Å². The van der Waals surface area contributed by atoms with E-state index in [9.17, 15) is 0 Å². The largest absolute Gasteiger partial charge is 0.311 e. The number of rotatable bonds is 4. The van der Waals surface area contributed by atoms with E-state index in [2.05, 4.69) is 106 Å². The van der Waals surface area contributed by atoms with Crippen molar-refractivity contribution < 1.29 is 0 Å². The third kappa shape index (κ3) is 3.86. The first-order valence-corrected chi connectivity index (χ1v) is 13.6. The molecule has 0 radical (unpaired) electrons. The molecule has 0 saturated carbocycles. The number of para-hydroxylation sites is 3. The summed E-state index contributed by atoms with van der Waals surface area (Å²) in [5.41, 5.74) is 10.5. The maximum absolute atomic E-state index is 5.24. The molecule has 0 aliphatic heterocycles. The van der Waals surface area contributed by atoms with Crippen molar-refractivity contribution in [2.75, 3.05) is 4.90 Å². The Hall–Kier alpha value is -5.68. The van der Waals surface area contributed by atoms with Gasteiger partial charge in [-0.05, 0) is 72.3 Å². The van der Waals surface area contributed by atoms with E-state index in [0.29, 0.717) is 0 Å². The van der Waals surface area contributed by atoms with Crippen LogP contribution in [0.3, 0.4) is 0 Å². The molecule has 0 amide bonds. The van der Waals surface area contributed by atoms with Crippen molar-refractivity contribution in [3.8, 4) is 11.1 Å². The number of pyridine rings is 2. The molecule has 0 aliphatic rings. The van der Waals surface area contributed by atoms with Crippen molar-refractivity contribution in [3.05, 3.63) is 140 Å². The predicted octanol–water partition coefficient (Wildman–Crippen LogP) is 9.02. The van der Waals surface area contributed by atoms with Gasteiger partial charge in [-0.25, -0.2) is 9.97 Å². The molecule has 0 spiro atoms. The molecule has 5 aromatic carbocycles. The summed E-state index contributed by atoms with van der Waals surface area (Å²) in [6, 6.07) is 43.7. The van der Waals surface area contributed by atoms with Crippen LogP contribution in [0.4, 0.5) is 17.1 Å². The van der Waals surface area contributed by atoms with Gasteiger partial charge in [-0.1, -0.05) is 60.7 Å². The van der Waals surface area contributed by atoms with Crippen LogP contribution < -0.4 is 4.90 Å². The third-order valence-electron chi connectivity index (χ3n) is 7.51. The van der Waals surface area contributed by atoms with Gasteiger partial charge in [0.15, 0.2) is 0 Å². The van der Waals surface area contributed by atoms with Crippen molar-refractivity contribution in [1.82, 2.24) is 19.9 Å². The minimum Gasteiger partial charge on any atom is -0.311 e. The number of hydrogen-bond donors (Lipinski definition) is 0. The highest BCUT2D eigenvalue weighted by atomic mass is 15.1. The predicted molar refractivity (Wildman–Crippen MR) is 168 cm³/mol. The summed E-state index contributed by atoms with van der Waals surface area (Å²) in [5, 5.41) is 1.91. The van der Waals surface area contributed by atoms with Gasteiger partial charge in [0.25, 0.3) is 0 Å². The minimum atomic E-state index is 0.838. The monoisotopic (exact) mass is 525 g/mol.